The second-order valence-electron chi connectivity index (χ2n) is 5.54. The Morgan fingerprint density at radius 1 is 1.17 bits per heavy atom. The van der Waals surface area contributed by atoms with Gasteiger partial charge in [-0.1, -0.05) is 29.8 Å². The van der Waals surface area contributed by atoms with Gasteiger partial charge in [-0.3, -0.25) is 10.1 Å². The highest BCUT2D eigenvalue weighted by Crippen LogP contribution is 2.27. The number of rotatable bonds is 4. The van der Waals surface area contributed by atoms with Crippen molar-refractivity contribution in [3.63, 3.8) is 0 Å². The summed E-state index contributed by atoms with van der Waals surface area (Å²) < 4.78 is 5.24. The summed E-state index contributed by atoms with van der Waals surface area (Å²) in [6, 6.07) is 13.5. The van der Waals surface area contributed by atoms with Crippen molar-refractivity contribution >= 4 is 22.4 Å². The van der Waals surface area contributed by atoms with E-state index < -0.39 is 0 Å². The largest absolute Gasteiger partial charge is 0.497 e. The molecule has 0 saturated heterocycles. The van der Waals surface area contributed by atoms with Crippen molar-refractivity contribution in [3.8, 4) is 17.0 Å². The van der Waals surface area contributed by atoms with Gasteiger partial charge < -0.3 is 4.74 Å². The molecular weight excluding hydrogens is 320 g/mol. The van der Waals surface area contributed by atoms with Gasteiger partial charge in [0, 0.05) is 16.5 Å². The van der Waals surface area contributed by atoms with Crippen LogP contribution in [0.25, 0.3) is 11.3 Å². The van der Waals surface area contributed by atoms with Crippen LogP contribution in [0.2, 0.25) is 0 Å². The lowest BCUT2D eigenvalue weighted by Crippen LogP contribution is -2.13. The van der Waals surface area contributed by atoms with Crippen molar-refractivity contribution in [2.45, 2.75) is 13.8 Å². The molecule has 3 aromatic rings. The molecule has 3 rings (SSSR count). The van der Waals surface area contributed by atoms with Gasteiger partial charge in [0.15, 0.2) is 5.13 Å². The Kier molecular flexibility index (Phi) is 4.62. The number of aromatic nitrogens is 1. The predicted molar refractivity (Wildman–Crippen MR) is 98.0 cm³/mol. The van der Waals surface area contributed by atoms with Gasteiger partial charge in [-0.2, -0.15) is 0 Å². The van der Waals surface area contributed by atoms with E-state index >= 15 is 0 Å². The summed E-state index contributed by atoms with van der Waals surface area (Å²) in [6.45, 7) is 3.90. The van der Waals surface area contributed by atoms with Gasteiger partial charge in [0.05, 0.1) is 12.8 Å². The van der Waals surface area contributed by atoms with Crippen molar-refractivity contribution in [2.75, 3.05) is 12.4 Å². The molecule has 0 spiro atoms. The lowest BCUT2D eigenvalue weighted by atomic mass is 10.1. The fraction of sp³-hybridized carbons (Fsp3) is 0.158. The zero-order valence-electron chi connectivity index (χ0n) is 13.8. The Morgan fingerprint density at radius 2 is 2.00 bits per heavy atom. The Bertz CT molecular complexity index is 887. The molecule has 2 aromatic carbocycles. The lowest BCUT2D eigenvalue weighted by molar-refractivity contribution is 0.102. The monoisotopic (exact) mass is 338 g/mol. The average Bonchev–Trinajstić information content (AvgIpc) is 3.05. The quantitative estimate of drug-likeness (QED) is 0.751. The van der Waals surface area contributed by atoms with Crippen LogP contribution in [0.1, 0.15) is 21.5 Å². The average molecular weight is 338 g/mol. The number of anilines is 1. The summed E-state index contributed by atoms with van der Waals surface area (Å²) in [5, 5.41) is 5.39. The molecule has 0 saturated carbocycles. The maximum atomic E-state index is 12.5. The smallest absolute Gasteiger partial charge is 0.257 e. The molecule has 1 aromatic heterocycles. The van der Waals surface area contributed by atoms with Crippen LogP contribution in [-0.4, -0.2) is 18.0 Å². The second kappa shape index (κ2) is 6.84. The van der Waals surface area contributed by atoms with E-state index in [1.54, 1.807) is 7.11 Å². The number of aryl methyl sites for hydroxylation is 2. The van der Waals surface area contributed by atoms with E-state index in [0.29, 0.717) is 10.7 Å². The normalized spacial score (nSPS) is 10.5. The second-order valence-corrected chi connectivity index (χ2v) is 6.40. The minimum Gasteiger partial charge on any atom is -0.497 e. The Morgan fingerprint density at radius 3 is 2.79 bits per heavy atom. The van der Waals surface area contributed by atoms with Gasteiger partial charge in [-0.25, -0.2) is 4.98 Å². The van der Waals surface area contributed by atoms with Crippen molar-refractivity contribution in [3.05, 3.63) is 64.5 Å². The lowest BCUT2D eigenvalue weighted by Gasteiger charge is -2.06. The topological polar surface area (TPSA) is 51.2 Å². The molecule has 4 nitrogen and oxygen atoms in total. The maximum absolute atomic E-state index is 12.5. The third kappa shape index (κ3) is 3.46. The van der Waals surface area contributed by atoms with Crippen LogP contribution in [0.4, 0.5) is 5.13 Å². The molecule has 5 heteroatoms. The summed E-state index contributed by atoms with van der Waals surface area (Å²) >= 11 is 1.41. The summed E-state index contributed by atoms with van der Waals surface area (Å²) in [6.07, 6.45) is 0. The standard InChI is InChI=1S/C19H18N2O2S/c1-12-7-8-13(2)16(9-12)18(22)21-19-20-17(11-24-19)14-5-4-6-15(10-14)23-3/h4-11H,1-3H3,(H,20,21,22). The first-order chi connectivity index (χ1) is 11.6. The van der Waals surface area contributed by atoms with Crippen LogP contribution in [0.3, 0.4) is 0 Å². The number of carbonyl (C=O) groups excluding carboxylic acids is 1. The Hall–Kier alpha value is -2.66. The molecule has 0 aliphatic rings. The van der Waals surface area contributed by atoms with Gasteiger partial charge in [-0.15, -0.1) is 11.3 Å². The van der Waals surface area contributed by atoms with Crippen molar-refractivity contribution < 1.29 is 9.53 Å². The van der Waals surface area contributed by atoms with E-state index in [4.69, 9.17) is 4.74 Å². The first-order valence-corrected chi connectivity index (χ1v) is 8.43. The molecule has 122 valence electrons. The van der Waals surface area contributed by atoms with E-state index in [2.05, 4.69) is 10.3 Å². The van der Waals surface area contributed by atoms with Crippen LogP contribution >= 0.6 is 11.3 Å². The third-order valence-corrected chi connectivity index (χ3v) is 4.49. The molecule has 24 heavy (non-hydrogen) atoms. The molecule has 0 aliphatic carbocycles. The van der Waals surface area contributed by atoms with Gasteiger partial charge in [0.25, 0.3) is 5.91 Å². The van der Waals surface area contributed by atoms with Crippen molar-refractivity contribution in [1.82, 2.24) is 4.98 Å². The molecule has 0 atom stereocenters. The number of thiazole rings is 1. The number of ether oxygens (including phenoxy) is 1. The predicted octanol–water partition coefficient (Wildman–Crippen LogP) is 4.69. The minimum absolute atomic E-state index is 0.136. The van der Waals surface area contributed by atoms with Gasteiger partial charge >= 0.3 is 0 Å². The number of nitrogens with one attached hydrogen (secondary N) is 1. The van der Waals surface area contributed by atoms with Gasteiger partial charge in [0.2, 0.25) is 0 Å². The number of amides is 1. The zero-order valence-corrected chi connectivity index (χ0v) is 14.6. The Labute approximate surface area is 145 Å². The number of carbonyl (C=O) groups is 1. The fourth-order valence-corrected chi connectivity index (χ4v) is 3.11. The van der Waals surface area contributed by atoms with Crippen LogP contribution in [0.5, 0.6) is 5.75 Å². The van der Waals surface area contributed by atoms with Crippen molar-refractivity contribution in [1.29, 1.82) is 0 Å². The first-order valence-electron chi connectivity index (χ1n) is 7.55. The van der Waals surface area contributed by atoms with Crippen LogP contribution in [0, 0.1) is 13.8 Å². The number of hydrogen-bond donors (Lipinski definition) is 1. The number of benzene rings is 2. The highest BCUT2D eigenvalue weighted by Gasteiger charge is 2.12. The van der Waals surface area contributed by atoms with Crippen LogP contribution in [0.15, 0.2) is 47.8 Å². The maximum Gasteiger partial charge on any atom is 0.257 e. The third-order valence-electron chi connectivity index (χ3n) is 3.73. The van der Waals surface area contributed by atoms with E-state index in [-0.39, 0.29) is 5.91 Å². The molecular formula is C19H18N2O2S. The highest BCUT2D eigenvalue weighted by molar-refractivity contribution is 7.14. The van der Waals surface area contributed by atoms with E-state index in [1.807, 2.05) is 61.7 Å². The fourth-order valence-electron chi connectivity index (χ4n) is 2.39. The van der Waals surface area contributed by atoms with Gasteiger partial charge in [0.1, 0.15) is 5.75 Å². The highest BCUT2D eigenvalue weighted by atomic mass is 32.1. The van der Waals surface area contributed by atoms with Crippen LogP contribution in [-0.2, 0) is 0 Å². The van der Waals surface area contributed by atoms with E-state index in [1.165, 1.54) is 11.3 Å². The molecule has 0 bridgehead atoms. The van der Waals surface area contributed by atoms with Crippen LogP contribution < -0.4 is 10.1 Å². The number of hydrogen-bond acceptors (Lipinski definition) is 4. The molecule has 0 radical (unpaired) electrons. The van der Waals surface area contributed by atoms with Gasteiger partial charge in [-0.05, 0) is 37.6 Å². The molecule has 0 unspecified atom stereocenters. The number of nitrogens with zero attached hydrogens (tertiary/aromatic N) is 1. The van der Waals surface area contributed by atoms with E-state index in [9.17, 15) is 4.79 Å². The number of methoxy groups -OCH3 is 1. The molecule has 0 aliphatic heterocycles. The minimum atomic E-state index is -0.136. The summed E-state index contributed by atoms with van der Waals surface area (Å²) in [4.78, 5) is 17.0. The molecule has 1 amide bonds. The molecule has 1 heterocycles. The zero-order chi connectivity index (χ0) is 17.1. The summed E-state index contributed by atoms with van der Waals surface area (Å²) in [5.41, 5.74) is 4.45. The van der Waals surface area contributed by atoms with E-state index in [0.717, 1.165) is 28.1 Å². The summed E-state index contributed by atoms with van der Waals surface area (Å²) in [5.74, 6) is 0.643. The SMILES string of the molecule is COc1cccc(-c2csc(NC(=O)c3cc(C)ccc3C)n2)c1. The van der Waals surface area contributed by atoms with Crippen molar-refractivity contribution in [2.24, 2.45) is 0 Å². The molecule has 0 fully saturated rings. The Balaban J connectivity index is 1.81. The molecule has 1 N–H and O–H groups in total. The summed E-state index contributed by atoms with van der Waals surface area (Å²) in [7, 11) is 1.63. The first kappa shape index (κ1) is 16.2.